The maximum absolute atomic E-state index is 12.4. The lowest BCUT2D eigenvalue weighted by Gasteiger charge is -2.05. The van der Waals surface area contributed by atoms with Gasteiger partial charge >= 0.3 is 6.01 Å². The third kappa shape index (κ3) is 3.06. The number of hydrogen-bond donors (Lipinski definition) is 1. The number of carbonyl (C=O) groups is 1. The molecule has 0 unspecified atom stereocenters. The standard InChI is InChI=1S/C19H17N5O2/c1-12-10-16(23-24(12)2)18-21-22-19(26-18)20-17(25)11-14-8-5-7-13-6-3-4-9-15(13)14/h3-10H,11H2,1-2H3,(H,20,22,25). The minimum atomic E-state index is -0.214. The van der Waals surface area contributed by atoms with E-state index in [4.69, 9.17) is 4.42 Å². The number of rotatable bonds is 4. The fourth-order valence-corrected chi connectivity index (χ4v) is 2.83. The number of anilines is 1. The zero-order valence-electron chi connectivity index (χ0n) is 14.4. The number of nitrogens with zero attached hydrogens (tertiary/aromatic N) is 4. The largest absolute Gasteiger partial charge is 0.401 e. The highest BCUT2D eigenvalue weighted by Crippen LogP contribution is 2.21. The lowest BCUT2D eigenvalue weighted by Crippen LogP contribution is -2.14. The maximum atomic E-state index is 12.4. The van der Waals surface area contributed by atoms with Crippen LogP contribution >= 0.6 is 0 Å². The van der Waals surface area contributed by atoms with Crippen molar-refractivity contribution in [2.45, 2.75) is 13.3 Å². The Hall–Kier alpha value is -3.48. The molecule has 26 heavy (non-hydrogen) atoms. The Bertz CT molecular complexity index is 1070. The molecule has 2 heterocycles. The molecular weight excluding hydrogens is 330 g/mol. The maximum Gasteiger partial charge on any atom is 0.322 e. The molecule has 2 aromatic heterocycles. The van der Waals surface area contributed by atoms with Crippen molar-refractivity contribution >= 4 is 22.7 Å². The van der Waals surface area contributed by atoms with Crippen LogP contribution in [0.4, 0.5) is 6.01 Å². The van der Waals surface area contributed by atoms with Crippen molar-refractivity contribution in [3.8, 4) is 11.6 Å². The van der Waals surface area contributed by atoms with E-state index in [1.54, 1.807) is 4.68 Å². The van der Waals surface area contributed by atoms with Gasteiger partial charge in [-0.15, -0.1) is 5.10 Å². The second-order valence-corrected chi connectivity index (χ2v) is 6.07. The summed E-state index contributed by atoms with van der Waals surface area (Å²) in [6.45, 7) is 1.93. The molecule has 0 aliphatic rings. The van der Waals surface area contributed by atoms with Crippen LogP contribution in [-0.4, -0.2) is 25.9 Å². The Labute approximate surface area is 149 Å². The smallest absolute Gasteiger partial charge is 0.322 e. The molecule has 0 bridgehead atoms. The monoisotopic (exact) mass is 347 g/mol. The summed E-state index contributed by atoms with van der Waals surface area (Å²) >= 11 is 0. The number of benzene rings is 2. The molecule has 1 amide bonds. The molecule has 2 aromatic carbocycles. The van der Waals surface area contributed by atoms with Gasteiger partial charge in [-0.05, 0) is 29.3 Å². The van der Waals surface area contributed by atoms with E-state index in [0.717, 1.165) is 22.0 Å². The summed E-state index contributed by atoms with van der Waals surface area (Å²) in [4.78, 5) is 12.4. The van der Waals surface area contributed by atoms with Gasteiger partial charge < -0.3 is 4.42 Å². The SMILES string of the molecule is Cc1cc(-c2nnc(NC(=O)Cc3cccc4ccccc34)o2)nn1C. The molecule has 0 radical (unpaired) electrons. The van der Waals surface area contributed by atoms with E-state index in [9.17, 15) is 4.79 Å². The first-order valence-corrected chi connectivity index (χ1v) is 8.21. The van der Waals surface area contributed by atoms with Gasteiger partial charge in [-0.2, -0.15) is 5.10 Å². The van der Waals surface area contributed by atoms with E-state index in [-0.39, 0.29) is 24.2 Å². The fourth-order valence-electron chi connectivity index (χ4n) is 2.83. The first-order chi connectivity index (χ1) is 12.6. The van der Waals surface area contributed by atoms with Crippen LogP contribution in [0.25, 0.3) is 22.4 Å². The van der Waals surface area contributed by atoms with Gasteiger partial charge in [0.25, 0.3) is 5.89 Å². The van der Waals surface area contributed by atoms with E-state index < -0.39 is 0 Å². The van der Waals surface area contributed by atoms with Crippen LogP contribution in [0.3, 0.4) is 0 Å². The first kappa shape index (κ1) is 16.0. The van der Waals surface area contributed by atoms with Gasteiger partial charge in [0, 0.05) is 12.7 Å². The topological polar surface area (TPSA) is 85.8 Å². The van der Waals surface area contributed by atoms with E-state index in [0.29, 0.717) is 5.69 Å². The minimum absolute atomic E-state index is 0.0635. The highest BCUT2D eigenvalue weighted by molar-refractivity contribution is 5.95. The molecule has 0 spiro atoms. The summed E-state index contributed by atoms with van der Waals surface area (Å²) in [5.41, 5.74) is 2.49. The van der Waals surface area contributed by atoms with E-state index in [1.165, 1.54) is 0 Å². The molecule has 4 rings (SSSR count). The van der Waals surface area contributed by atoms with Gasteiger partial charge in [0.05, 0.1) is 6.42 Å². The lowest BCUT2D eigenvalue weighted by molar-refractivity contribution is -0.115. The summed E-state index contributed by atoms with van der Waals surface area (Å²) in [7, 11) is 1.84. The summed E-state index contributed by atoms with van der Waals surface area (Å²) in [6.07, 6.45) is 0.224. The molecule has 1 N–H and O–H groups in total. The van der Waals surface area contributed by atoms with Gasteiger partial charge in [-0.25, -0.2) is 0 Å². The predicted octanol–water partition coefficient (Wildman–Crippen LogP) is 3.11. The molecule has 0 atom stereocenters. The van der Waals surface area contributed by atoms with Crippen LogP contribution in [0.5, 0.6) is 0 Å². The Balaban J connectivity index is 1.50. The van der Waals surface area contributed by atoms with Crippen LogP contribution in [0, 0.1) is 6.92 Å². The van der Waals surface area contributed by atoms with E-state index >= 15 is 0 Å². The van der Waals surface area contributed by atoms with Crippen LogP contribution < -0.4 is 5.32 Å². The second-order valence-electron chi connectivity index (χ2n) is 6.07. The zero-order chi connectivity index (χ0) is 18.1. The van der Waals surface area contributed by atoms with Crippen LogP contribution in [0.15, 0.2) is 52.9 Å². The lowest BCUT2D eigenvalue weighted by atomic mass is 10.0. The van der Waals surface area contributed by atoms with Gasteiger partial charge in [0.2, 0.25) is 5.91 Å². The number of fused-ring (bicyclic) bond motifs is 1. The summed E-state index contributed by atoms with van der Waals surface area (Å²) in [6, 6.07) is 15.8. The van der Waals surface area contributed by atoms with Gasteiger partial charge in [0.1, 0.15) is 5.69 Å². The molecule has 0 saturated carbocycles. The van der Waals surface area contributed by atoms with Crippen LogP contribution in [0.2, 0.25) is 0 Å². The van der Waals surface area contributed by atoms with Crippen molar-refractivity contribution in [2.75, 3.05) is 5.32 Å². The van der Waals surface area contributed by atoms with Crippen molar-refractivity contribution in [1.82, 2.24) is 20.0 Å². The molecule has 0 fully saturated rings. The van der Waals surface area contributed by atoms with Gasteiger partial charge in [-0.3, -0.25) is 14.8 Å². The third-order valence-corrected chi connectivity index (χ3v) is 4.24. The average molecular weight is 347 g/mol. The van der Waals surface area contributed by atoms with Crippen molar-refractivity contribution < 1.29 is 9.21 Å². The van der Waals surface area contributed by atoms with E-state index in [1.807, 2.05) is 62.5 Å². The molecule has 7 nitrogen and oxygen atoms in total. The molecule has 0 aliphatic carbocycles. The number of amides is 1. The molecular formula is C19H17N5O2. The van der Waals surface area contributed by atoms with Gasteiger partial charge in [0.15, 0.2) is 0 Å². The van der Waals surface area contributed by atoms with Crippen molar-refractivity contribution in [2.24, 2.45) is 7.05 Å². The highest BCUT2D eigenvalue weighted by Gasteiger charge is 2.15. The normalized spacial score (nSPS) is 11.0. The van der Waals surface area contributed by atoms with E-state index in [2.05, 4.69) is 20.6 Å². The Kier molecular flexibility index (Phi) is 3.96. The molecule has 7 heteroatoms. The summed E-state index contributed by atoms with van der Waals surface area (Å²) in [5, 5.41) is 16.9. The van der Waals surface area contributed by atoms with Crippen LogP contribution in [0.1, 0.15) is 11.3 Å². The minimum Gasteiger partial charge on any atom is -0.401 e. The first-order valence-electron chi connectivity index (χ1n) is 8.21. The van der Waals surface area contributed by atoms with Crippen molar-refractivity contribution in [3.63, 3.8) is 0 Å². The second kappa shape index (κ2) is 6.44. The van der Waals surface area contributed by atoms with Crippen molar-refractivity contribution in [1.29, 1.82) is 0 Å². The highest BCUT2D eigenvalue weighted by atomic mass is 16.4. The zero-order valence-corrected chi connectivity index (χ0v) is 14.4. The average Bonchev–Trinajstić information content (AvgIpc) is 3.22. The van der Waals surface area contributed by atoms with Crippen LogP contribution in [-0.2, 0) is 18.3 Å². The molecule has 0 saturated heterocycles. The number of nitrogens with one attached hydrogen (secondary N) is 1. The Morgan fingerprint density at radius 1 is 1.15 bits per heavy atom. The molecule has 0 aliphatic heterocycles. The van der Waals surface area contributed by atoms with Gasteiger partial charge in [-0.1, -0.05) is 47.6 Å². The number of aryl methyl sites for hydroxylation is 2. The summed E-state index contributed by atoms with van der Waals surface area (Å²) in [5.74, 6) is 0.0583. The molecule has 130 valence electrons. The predicted molar refractivity (Wildman–Crippen MR) is 97.5 cm³/mol. The summed E-state index contributed by atoms with van der Waals surface area (Å²) < 4.78 is 7.22. The third-order valence-electron chi connectivity index (χ3n) is 4.24. The number of aromatic nitrogens is 4. The molecule has 4 aromatic rings. The van der Waals surface area contributed by atoms with Crippen molar-refractivity contribution in [3.05, 3.63) is 59.8 Å². The fraction of sp³-hybridized carbons (Fsp3) is 0.158. The number of hydrogen-bond acceptors (Lipinski definition) is 5. The number of carbonyl (C=O) groups excluding carboxylic acids is 1. The Morgan fingerprint density at radius 2 is 1.96 bits per heavy atom. The quantitative estimate of drug-likeness (QED) is 0.613. The Morgan fingerprint density at radius 3 is 2.77 bits per heavy atom.